The SMILES string of the molecule is CNC(=O)C(SC)c1cccc(C(=O)c2ccccc2)c1N. The number of carbonyl (C=O) groups excluding carboxylic acids is 2. The number of benzene rings is 2. The van der Waals surface area contributed by atoms with E-state index in [1.165, 1.54) is 11.8 Å². The second-order valence-corrected chi connectivity index (χ2v) is 5.68. The fourth-order valence-electron chi connectivity index (χ4n) is 2.26. The van der Waals surface area contributed by atoms with Gasteiger partial charge in [0.1, 0.15) is 5.25 Å². The molecule has 5 heteroatoms. The molecule has 0 aliphatic carbocycles. The number of amides is 1. The molecular weight excluding hydrogens is 296 g/mol. The van der Waals surface area contributed by atoms with Gasteiger partial charge in [0.25, 0.3) is 0 Å². The van der Waals surface area contributed by atoms with E-state index in [4.69, 9.17) is 5.73 Å². The van der Waals surface area contributed by atoms with Crippen LogP contribution in [0.5, 0.6) is 0 Å². The highest BCUT2D eigenvalue weighted by molar-refractivity contribution is 7.99. The number of rotatable bonds is 5. The largest absolute Gasteiger partial charge is 0.398 e. The first-order valence-corrected chi connectivity index (χ1v) is 8.11. The number of ketones is 1. The van der Waals surface area contributed by atoms with E-state index >= 15 is 0 Å². The Morgan fingerprint density at radius 1 is 1.09 bits per heavy atom. The second kappa shape index (κ2) is 7.13. The van der Waals surface area contributed by atoms with E-state index in [9.17, 15) is 9.59 Å². The van der Waals surface area contributed by atoms with Crippen LogP contribution in [-0.4, -0.2) is 25.0 Å². The highest BCUT2D eigenvalue weighted by Gasteiger charge is 2.23. The summed E-state index contributed by atoms with van der Waals surface area (Å²) in [5.41, 5.74) is 8.20. The highest BCUT2D eigenvalue weighted by atomic mass is 32.2. The van der Waals surface area contributed by atoms with Crippen LogP contribution in [0.4, 0.5) is 5.69 Å². The summed E-state index contributed by atoms with van der Waals surface area (Å²) in [4.78, 5) is 24.6. The number of hydrogen-bond acceptors (Lipinski definition) is 4. The third-order valence-corrected chi connectivity index (χ3v) is 4.36. The zero-order valence-electron chi connectivity index (χ0n) is 12.5. The van der Waals surface area contributed by atoms with Crippen molar-refractivity contribution < 1.29 is 9.59 Å². The summed E-state index contributed by atoms with van der Waals surface area (Å²) in [5, 5.41) is 2.19. The van der Waals surface area contributed by atoms with Gasteiger partial charge in [0.05, 0.1) is 0 Å². The molecule has 0 aliphatic heterocycles. The molecule has 0 saturated carbocycles. The molecule has 2 aromatic rings. The fraction of sp³-hybridized carbons (Fsp3) is 0.176. The number of hydrogen-bond donors (Lipinski definition) is 2. The van der Waals surface area contributed by atoms with Gasteiger partial charge in [-0.2, -0.15) is 0 Å². The lowest BCUT2D eigenvalue weighted by Gasteiger charge is -2.17. The number of para-hydroxylation sites is 1. The van der Waals surface area contributed by atoms with Gasteiger partial charge in [-0.1, -0.05) is 42.5 Å². The average Bonchev–Trinajstić information content (AvgIpc) is 2.57. The molecule has 0 saturated heterocycles. The highest BCUT2D eigenvalue weighted by Crippen LogP contribution is 2.33. The van der Waals surface area contributed by atoms with Crippen LogP contribution in [0.25, 0.3) is 0 Å². The Kier molecular flexibility index (Phi) is 5.22. The molecule has 0 bridgehead atoms. The van der Waals surface area contributed by atoms with Gasteiger partial charge in [-0.15, -0.1) is 11.8 Å². The van der Waals surface area contributed by atoms with E-state index < -0.39 is 5.25 Å². The minimum absolute atomic E-state index is 0.136. The molecule has 3 N–H and O–H groups in total. The van der Waals surface area contributed by atoms with Crippen molar-refractivity contribution in [3.63, 3.8) is 0 Å². The lowest BCUT2D eigenvalue weighted by molar-refractivity contribution is -0.120. The Labute approximate surface area is 134 Å². The first kappa shape index (κ1) is 16.1. The van der Waals surface area contributed by atoms with Gasteiger partial charge in [-0.3, -0.25) is 9.59 Å². The summed E-state index contributed by atoms with van der Waals surface area (Å²) in [6.45, 7) is 0. The minimum atomic E-state index is -0.437. The van der Waals surface area contributed by atoms with E-state index in [1.807, 2.05) is 24.5 Å². The van der Waals surface area contributed by atoms with Crippen molar-refractivity contribution in [3.8, 4) is 0 Å². The minimum Gasteiger partial charge on any atom is -0.398 e. The smallest absolute Gasteiger partial charge is 0.237 e. The Morgan fingerprint density at radius 2 is 1.77 bits per heavy atom. The van der Waals surface area contributed by atoms with Crippen LogP contribution in [-0.2, 0) is 4.79 Å². The first-order chi connectivity index (χ1) is 10.6. The summed E-state index contributed by atoms with van der Waals surface area (Å²) in [5.74, 6) is -0.278. The maximum absolute atomic E-state index is 12.6. The topological polar surface area (TPSA) is 72.2 Å². The van der Waals surface area contributed by atoms with E-state index in [-0.39, 0.29) is 11.7 Å². The van der Waals surface area contributed by atoms with E-state index in [1.54, 1.807) is 37.4 Å². The van der Waals surface area contributed by atoms with E-state index in [0.717, 1.165) is 0 Å². The Hall–Kier alpha value is -2.27. The van der Waals surface area contributed by atoms with Crippen LogP contribution in [0.2, 0.25) is 0 Å². The fourth-order valence-corrected chi connectivity index (χ4v) is 3.05. The zero-order chi connectivity index (χ0) is 16.1. The average molecular weight is 314 g/mol. The molecule has 1 amide bonds. The molecule has 0 aliphatic rings. The molecule has 1 atom stereocenters. The van der Waals surface area contributed by atoms with Gasteiger partial charge in [0, 0.05) is 23.9 Å². The number of thioether (sulfide) groups is 1. The quantitative estimate of drug-likeness (QED) is 0.657. The lowest BCUT2D eigenvalue weighted by Crippen LogP contribution is -2.24. The van der Waals surface area contributed by atoms with Crippen LogP contribution in [0.3, 0.4) is 0 Å². The molecule has 4 nitrogen and oxygen atoms in total. The van der Waals surface area contributed by atoms with Crippen LogP contribution in [0, 0.1) is 0 Å². The van der Waals surface area contributed by atoms with Gasteiger partial charge in [-0.25, -0.2) is 0 Å². The number of carbonyl (C=O) groups is 2. The summed E-state index contributed by atoms with van der Waals surface area (Å²) < 4.78 is 0. The maximum Gasteiger partial charge on any atom is 0.237 e. The van der Waals surface area contributed by atoms with Gasteiger partial charge < -0.3 is 11.1 Å². The Balaban J connectivity index is 2.46. The van der Waals surface area contributed by atoms with Crippen molar-refractivity contribution in [2.45, 2.75) is 5.25 Å². The van der Waals surface area contributed by atoms with Crippen LogP contribution in [0.15, 0.2) is 48.5 Å². The third-order valence-electron chi connectivity index (χ3n) is 3.42. The number of nitrogens with one attached hydrogen (secondary N) is 1. The van der Waals surface area contributed by atoms with Crippen molar-refractivity contribution in [2.75, 3.05) is 19.0 Å². The molecule has 0 aromatic heterocycles. The summed E-state index contributed by atoms with van der Waals surface area (Å²) in [6.07, 6.45) is 1.84. The monoisotopic (exact) mass is 314 g/mol. The van der Waals surface area contributed by atoms with Crippen molar-refractivity contribution in [2.24, 2.45) is 0 Å². The summed E-state index contributed by atoms with van der Waals surface area (Å²) in [6, 6.07) is 14.2. The van der Waals surface area contributed by atoms with Crippen LogP contribution < -0.4 is 11.1 Å². The Morgan fingerprint density at radius 3 is 2.36 bits per heavy atom. The van der Waals surface area contributed by atoms with Gasteiger partial charge in [0.2, 0.25) is 5.91 Å². The molecule has 1 unspecified atom stereocenters. The molecule has 0 spiro atoms. The predicted octanol–water partition coefficient (Wildman–Crippen LogP) is 2.65. The molecule has 2 aromatic carbocycles. The molecule has 22 heavy (non-hydrogen) atoms. The second-order valence-electron chi connectivity index (χ2n) is 4.73. The van der Waals surface area contributed by atoms with E-state index in [2.05, 4.69) is 5.32 Å². The van der Waals surface area contributed by atoms with Gasteiger partial charge in [0.15, 0.2) is 5.78 Å². The Bertz CT molecular complexity index is 686. The third kappa shape index (κ3) is 3.14. The van der Waals surface area contributed by atoms with E-state index in [0.29, 0.717) is 22.4 Å². The van der Waals surface area contributed by atoms with Crippen LogP contribution >= 0.6 is 11.8 Å². The van der Waals surface area contributed by atoms with Gasteiger partial charge >= 0.3 is 0 Å². The normalized spacial score (nSPS) is 11.7. The lowest BCUT2D eigenvalue weighted by atomic mass is 9.97. The van der Waals surface area contributed by atoms with Crippen molar-refractivity contribution in [1.29, 1.82) is 0 Å². The predicted molar refractivity (Wildman–Crippen MR) is 91.1 cm³/mol. The standard InChI is InChI=1S/C17H18N2O2S/c1-19-17(21)16(22-2)13-10-6-9-12(14(13)18)15(20)11-7-4-3-5-8-11/h3-10,16H,18H2,1-2H3,(H,19,21). The maximum atomic E-state index is 12.6. The molecule has 0 heterocycles. The van der Waals surface area contributed by atoms with Crippen molar-refractivity contribution in [3.05, 3.63) is 65.2 Å². The van der Waals surface area contributed by atoms with Gasteiger partial charge in [-0.05, 0) is 17.9 Å². The molecular formula is C17H18N2O2S. The molecule has 0 fully saturated rings. The number of anilines is 1. The number of nitrogen functional groups attached to an aromatic ring is 1. The zero-order valence-corrected chi connectivity index (χ0v) is 13.3. The first-order valence-electron chi connectivity index (χ1n) is 6.82. The summed E-state index contributed by atoms with van der Waals surface area (Å²) >= 11 is 1.38. The number of nitrogens with two attached hydrogens (primary N) is 1. The summed E-state index contributed by atoms with van der Waals surface area (Å²) in [7, 11) is 1.58. The number of likely N-dealkylation sites (N-methyl/N-ethyl adjacent to an activating group) is 1. The van der Waals surface area contributed by atoms with Crippen molar-refractivity contribution >= 4 is 29.1 Å². The molecule has 0 radical (unpaired) electrons. The van der Waals surface area contributed by atoms with Crippen LogP contribution in [0.1, 0.15) is 26.7 Å². The molecule has 114 valence electrons. The van der Waals surface area contributed by atoms with Crippen molar-refractivity contribution in [1.82, 2.24) is 5.32 Å². The molecule has 2 rings (SSSR count).